The van der Waals surface area contributed by atoms with Crippen LogP contribution in [0.2, 0.25) is 0 Å². The molecule has 0 aromatic carbocycles. The van der Waals surface area contributed by atoms with Crippen molar-refractivity contribution in [2.45, 2.75) is 32.1 Å². The lowest BCUT2D eigenvalue weighted by Crippen LogP contribution is -2.50. The number of carbonyl (C=O) groups excluding carboxylic acids is 1. The molecule has 3 atom stereocenters. The van der Waals surface area contributed by atoms with Crippen LogP contribution in [0.15, 0.2) is 41.4 Å². The monoisotopic (exact) mass is 331 g/mol. The van der Waals surface area contributed by atoms with E-state index in [0.717, 1.165) is 11.1 Å². The van der Waals surface area contributed by atoms with Crippen LogP contribution in [0.5, 0.6) is 0 Å². The summed E-state index contributed by atoms with van der Waals surface area (Å²) in [5.41, 5.74) is 2.19. The highest BCUT2D eigenvalue weighted by atomic mass is 32.1. The van der Waals surface area contributed by atoms with Crippen molar-refractivity contribution in [3.8, 4) is 0 Å². The molecule has 3 heterocycles. The molecule has 23 heavy (non-hydrogen) atoms. The quantitative estimate of drug-likeness (QED) is 0.938. The molecule has 6 heteroatoms. The largest absolute Gasteiger partial charge is 0.367 e. The van der Waals surface area contributed by atoms with Gasteiger partial charge in [0.1, 0.15) is 6.10 Å². The highest BCUT2D eigenvalue weighted by molar-refractivity contribution is 7.07. The maximum atomic E-state index is 12.6. The number of nitrogens with zero attached hydrogens (tertiary/aromatic N) is 2. The Labute approximate surface area is 140 Å². The lowest BCUT2D eigenvalue weighted by atomic mass is 10.1. The van der Waals surface area contributed by atoms with Gasteiger partial charge >= 0.3 is 6.03 Å². The first-order valence-corrected chi connectivity index (χ1v) is 8.70. The molecule has 2 amide bonds. The predicted octanol–water partition coefficient (Wildman–Crippen LogP) is 3.38. The minimum atomic E-state index is -0.0525. The fraction of sp³-hybridized carbons (Fsp3) is 0.412. The van der Waals surface area contributed by atoms with Gasteiger partial charge in [-0.05, 0) is 53.9 Å². The van der Waals surface area contributed by atoms with Crippen LogP contribution in [-0.4, -0.2) is 35.1 Å². The van der Waals surface area contributed by atoms with Crippen molar-refractivity contribution in [3.63, 3.8) is 0 Å². The molecule has 3 rings (SSSR count). The molecule has 0 spiro atoms. The summed E-state index contributed by atoms with van der Waals surface area (Å²) in [5.74, 6) is 0. The second-order valence-electron chi connectivity index (χ2n) is 5.85. The zero-order chi connectivity index (χ0) is 16.2. The molecule has 1 aliphatic rings. The van der Waals surface area contributed by atoms with Crippen molar-refractivity contribution in [1.82, 2.24) is 15.2 Å². The first-order chi connectivity index (χ1) is 11.1. The second kappa shape index (κ2) is 7.10. The fourth-order valence-electron chi connectivity index (χ4n) is 2.77. The van der Waals surface area contributed by atoms with Crippen molar-refractivity contribution in [2.24, 2.45) is 0 Å². The molecule has 2 aromatic heterocycles. The van der Waals surface area contributed by atoms with Crippen LogP contribution in [-0.2, 0) is 4.74 Å². The van der Waals surface area contributed by atoms with Gasteiger partial charge in [-0.1, -0.05) is 0 Å². The Balaban J connectivity index is 1.64. The zero-order valence-corrected chi connectivity index (χ0v) is 14.1. The lowest BCUT2D eigenvalue weighted by molar-refractivity contribution is -0.0657. The number of rotatable bonds is 3. The van der Waals surface area contributed by atoms with Gasteiger partial charge in [-0.2, -0.15) is 11.3 Å². The minimum absolute atomic E-state index is 0.0237. The zero-order valence-electron chi connectivity index (χ0n) is 13.3. The molecule has 0 bridgehead atoms. The Kier molecular flexibility index (Phi) is 4.93. The van der Waals surface area contributed by atoms with Crippen molar-refractivity contribution in [3.05, 3.63) is 52.5 Å². The Morgan fingerprint density at radius 3 is 2.87 bits per heavy atom. The van der Waals surface area contributed by atoms with Gasteiger partial charge in [0.2, 0.25) is 0 Å². The van der Waals surface area contributed by atoms with E-state index in [1.807, 2.05) is 36.3 Å². The van der Waals surface area contributed by atoms with E-state index in [9.17, 15) is 4.79 Å². The van der Waals surface area contributed by atoms with Gasteiger partial charge in [0.25, 0.3) is 0 Å². The number of thiophene rings is 1. The molecule has 5 nitrogen and oxygen atoms in total. The lowest BCUT2D eigenvalue weighted by Gasteiger charge is -2.37. The summed E-state index contributed by atoms with van der Waals surface area (Å²) in [7, 11) is 0. The number of aromatic nitrogens is 1. The maximum absolute atomic E-state index is 12.6. The summed E-state index contributed by atoms with van der Waals surface area (Å²) in [6.45, 7) is 5.17. The number of nitrogens with one attached hydrogen (secondary N) is 1. The average molecular weight is 331 g/mol. The van der Waals surface area contributed by atoms with E-state index in [4.69, 9.17) is 4.74 Å². The first-order valence-electron chi connectivity index (χ1n) is 7.76. The fourth-order valence-corrected chi connectivity index (χ4v) is 3.47. The summed E-state index contributed by atoms with van der Waals surface area (Å²) in [5, 5.41) is 7.18. The molecular weight excluding hydrogens is 310 g/mol. The predicted molar refractivity (Wildman–Crippen MR) is 90.4 cm³/mol. The van der Waals surface area contributed by atoms with Crippen molar-refractivity contribution >= 4 is 17.4 Å². The van der Waals surface area contributed by atoms with Gasteiger partial charge in [-0.25, -0.2) is 4.79 Å². The standard InChI is InChI=1S/C17H21N3O2S/c1-12-9-20(10-16(22-12)15-5-8-23-11-15)17(21)19-13(2)14-3-6-18-7-4-14/h3-8,11-13,16H,9-10H2,1-2H3,(H,19,21)/t12-,13-,16+/m1/s1. The van der Waals surface area contributed by atoms with Crippen LogP contribution in [0.25, 0.3) is 0 Å². The Morgan fingerprint density at radius 2 is 2.17 bits per heavy atom. The smallest absolute Gasteiger partial charge is 0.318 e. The number of morpholine rings is 1. The Bertz CT molecular complexity index is 633. The van der Waals surface area contributed by atoms with Gasteiger partial charge in [0.15, 0.2) is 0 Å². The van der Waals surface area contributed by atoms with Crippen molar-refractivity contribution in [2.75, 3.05) is 13.1 Å². The van der Waals surface area contributed by atoms with E-state index in [1.54, 1.807) is 23.7 Å². The third kappa shape index (κ3) is 3.89. The molecule has 0 unspecified atom stereocenters. The highest BCUT2D eigenvalue weighted by Crippen LogP contribution is 2.27. The molecular formula is C17H21N3O2S. The summed E-state index contributed by atoms with van der Waals surface area (Å²) >= 11 is 1.65. The first kappa shape index (κ1) is 16.0. The Hall–Kier alpha value is -1.92. The molecule has 1 saturated heterocycles. The van der Waals surface area contributed by atoms with E-state index >= 15 is 0 Å². The number of pyridine rings is 1. The molecule has 2 aromatic rings. The summed E-state index contributed by atoms with van der Waals surface area (Å²) in [4.78, 5) is 18.4. The molecule has 1 N–H and O–H groups in total. The topological polar surface area (TPSA) is 54.5 Å². The molecule has 122 valence electrons. The third-order valence-electron chi connectivity index (χ3n) is 4.01. The SMILES string of the molecule is C[C@@H]1CN(C(=O)N[C@H](C)c2ccncc2)C[C@@H](c2ccsc2)O1. The summed E-state index contributed by atoms with van der Waals surface area (Å²) in [6.07, 6.45) is 3.45. The van der Waals surface area contributed by atoms with Crippen LogP contribution in [0.3, 0.4) is 0 Å². The molecule has 0 aliphatic carbocycles. The molecule has 0 radical (unpaired) electrons. The third-order valence-corrected chi connectivity index (χ3v) is 4.71. The second-order valence-corrected chi connectivity index (χ2v) is 6.63. The van der Waals surface area contributed by atoms with Gasteiger partial charge in [-0.15, -0.1) is 0 Å². The van der Waals surface area contributed by atoms with Gasteiger partial charge in [0.05, 0.1) is 18.7 Å². The Morgan fingerprint density at radius 1 is 1.39 bits per heavy atom. The van der Waals surface area contributed by atoms with Crippen LogP contribution in [0.1, 0.15) is 37.1 Å². The highest BCUT2D eigenvalue weighted by Gasteiger charge is 2.30. The molecule has 1 aliphatic heterocycles. The van der Waals surface area contributed by atoms with Gasteiger partial charge in [0, 0.05) is 18.9 Å². The number of amides is 2. The number of hydrogen-bond donors (Lipinski definition) is 1. The van der Waals surface area contributed by atoms with Crippen LogP contribution >= 0.6 is 11.3 Å². The number of carbonyl (C=O) groups is 1. The number of hydrogen-bond acceptors (Lipinski definition) is 4. The summed E-state index contributed by atoms with van der Waals surface area (Å²) < 4.78 is 5.98. The minimum Gasteiger partial charge on any atom is -0.367 e. The molecule has 0 saturated carbocycles. The van der Waals surface area contributed by atoms with E-state index in [-0.39, 0.29) is 24.3 Å². The van der Waals surface area contributed by atoms with E-state index in [0.29, 0.717) is 13.1 Å². The number of urea groups is 1. The van der Waals surface area contributed by atoms with Gasteiger partial charge < -0.3 is 15.0 Å². The maximum Gasteiger partial charge on any atom is 0.318 e. The van der Waals surface area contributed by atoms with E-state index in [2.05, 4.69) is 21.7 Å². The van der Waals surface area contributed by atoms with Crippen molar-refractivity contribution < 1.29 is 9.53 Å². The number of ether oxygens (including phenoxy) is 1. The van der Waals surface area contributed by atoms with Crippen LogP contribution in [0, 0.1) is 0 Å². The summed E-state index contributed by atoms with van der Waals surface area (Å²) in [6, 6.07) is 5.79. The van der Waals surface area contributed by atoms with Crippen LogP contribution in [0.4, 0.5) is 4.79 Å². The average Bonchev–Trinajstić information content (AvgIpc) is 3.09. The van der Waals surface area contributed by atoms with Crippen LogP contribution < -0.4 is 5.32 Å². The van der Waals surface area contributed by atoms with E-state index < -0.39 is 0 Å². The molecule has 1 fully saturated rings. The van der Waals surface area contributed by atoms with E-state index in [1.165, 1.54) is 0 Å². The normalized spacial score (nSPS) is 22.6. The van der Waals surface area contributed by atoms with Gasteiger partial charge in [-0.3, -0.25) is 4.98 Å². The van der Waals surface area contributed by atoms with Crippen molar-refractivity contribution in [1.29, 1.82) is 0 Å².